The zero-order valence-corrected chi connectivity index (χ0v) is 26.9. The van der Waals surface area contributed by atoms with Gasteiger partial charge in [0.05, 0.1) is 29.2 Å². The van der Waals surface area contributed by atoms with Crippen LogP contribution in [-0.4, -0.2) is 54.6 Å². The molecule has 0 aliphatic heterocycles. The fraction of sp³-hybridized carbons (Fsp3) is 0.257. The number of hydrogen-bond donors (Lipinski definition) is 1. The molecule has 0 saturated heterocycles. The molecule has 5 aromatic rings. The average molecular weight is 640 g/mol. The minimum atomic E-state index is -3.74. The van der Waals surface area contributed by atoms with Gasteiger partial charge in [-0.25, -0.2) is 17.3 Å². The van der Waals surface area contributed by atoms with Crippen LogP contribution in [0.3, 0.4) is 0 Å². The number of halogens is 1. The number of sulfonamides is 1. The lowest BCUT2D eigenvalue weighted by molar-refractivity contribution is 0.0959. The predicted octanol–water partition coefficient (Wildman–Crippen LogP) is 5.96. The van der Waals surface area contributed by atoms with Crippen LogP contribution in [0.2, 0.25) is 0 Å². The SMILES string of the molecule is CCN(c1cn2nc(-c3ccc(F)cc3)c(C(=O)NC)c2cc1-c1cc(C(=O)CC2(c3ccccn3)CC2)ccc1C)S(C)(=O)=O. The zero-order chi connectivity index (χ0) is 32.8. The molecule has 0 spiro atoms. The van der Waals surface area contributed by atoms with E-state index in [0.29, 0.717) is 45.6 Å². The summed E-state index contributed by atoms with van der Waals surface area (Å²) >= 11 is 0. The minimum absolute atomic E-state index is 0.0310. The van der Waals surface area contributed by atoms with Crippen LogP contribution in [0.5, 0.6) is 0 Å². The van der Waals surface area contributed by atoms with Crippen molar-refractivity contribution in [3.05, 3.63) is 107 Å². The molecule has 0 bridgehead atoms. The van der Waals surface area contributed by atoms with Gasteiger partial charge in [-0.05, 0) is 86.3 Å². The number of rotatable bonds is 10. The first-order valence-electron chi connectivity index (χ1n) is 15.0. The number of carbonyl (C=O) groups excluding carboxylic acids is 2. The second kappa shape index (κ2) is 11.8. The molecule has 9 nitrogen and oxygen atoms in total. The number of aromatic nitrogens is 3. The first-order valence-corrected chi connectivity index (χ1v) is 16.9. The van der Waals surface area contributed by atoms with Crippen LogP contribution in [0.4, 0.5) is 10.1 Å². The van der Waals surface area contributed by atoms with Gasteiger partial charge in [0, 0.05) is 54.0 Å². The van der Waals surface area contributed by atoms with Crippen LogP contribution in [0, 0.1) is 12.7 Å². The van der Waals surface area contributed by atoms with E-state index in [4.69, 9.17) is 0 Å². The molecule has 1 N–H and O–H groups in total. The molecule has 1 saturated carbocycles. The topological polar surface area (TPSA) is 114 Å². The number of carbonyl (C=O) groups is 2. The van der Waals surface area contributed by atoms with Crippen molar-refractivity contribution >= 4 is 32.9 Å². The molecule has 1 aliphatic rings. The van der Waals surface area contributed by atoms with E-state index in [9.17, 15) is 22.4 Å². The van der Waals surface area contributed by atoms with Gasteiger partial charge in [0.15, 0.2) is 5.78 Å². The maximum atomic E-state index is 13.8. The van der Waals surface area contributed by atoms with Gasteiger partial charge < -0.3 is 5.32 Å². The van der Waals surface area contributed by atoms with Crippen LogP contribution >= 0.6 is 0 Å². The van der Waals surface area contributed by atoms with Crippen molar-refractivity contribution in [1.82, 2.24) is 19.9 Å². The van der Waals surface area contributed by atoms with Gasteiger partial charge in [0.25, 0.3) is 5.91 Å². The third-order valence-corrected chi connectivity index (χ3v) is 9.94. The van der Waals surface area contributed by atoms with Gasteiger partial charge in [-0.1, -0.05) is 18.2 Å². The number of ketones is 1. The molecule has 1 fully saturated rings. The van der Waals surface area contributed by atoms with E-state index in [1.54, 1.807) is 37.5 Å². The van der Waals surface area contributed by atoms with Crippen molar-refractivity contribution in [2.75, 3.05) is 24.2 Å². The van der Waals surface area contributed by atoms with Crippen molar-refractivity contribution in [3.63, 3.8) is 0 Å². The standard InChI is InChI=1S/C35H34FN5O4S/c1-5-41(46(4,44)45)29-21-40-28(32(34(43)37-3)33(39-40)23-11-13-25(36)14-12-23)19-27(29)26-18-24(10-9-22(26)2)30(42)20-35(15-16-35)31-8-6-7-17-38-31/h6-14,17-19,21H,5,15-16,20H2,1-4H3,(H,37,43). The van der Waals surface area contributed by atoms with Gasteiger partial charge in [-0.3, -0.25) is 18.9 Å². The van der Waals surface area contributed by atoms with E-state index in [1.807, 2.05) is 31.2 Å². The van der Waals surface area contributed by atoms with Gasteiger partial charge in [0.1, 0.15) is 11.5 Å². The first kappa shape index (κ1) is 31.1. The fourth-order valence-electron chi connectivity index (χ4n) is 6.08. The van der Waals surface area contributed by atoms with Crippen LogP contribution in [0.15, 0.2) is 79.1 Å². The van der Waals surface area contributed by atoms with Crippen molar-refractivity contribution in [2.24, 2.45) is 0 Å². The summed E-state index contributed by atoms with van der Waals surface area (Å²) in [4.78, 5) is 31.6. The quantitative estimate of drug-likeness (QED) is 0.189. The Morgan fingerprint density at radius 2 is 1.78 bits per heavy atom. The number of nitrogens with one attached hydrogen (secondary N) is 1. The van der Waals surface area contributed by atoms with Gasteiger partial charge in [0.2, 0.25) is 10.0 Å². The molecule has 0 radical (unpaired) electrons. The lowest BCUT2D eigenvalue weighted by atomic mass is 9.89. The normalized spacial score (nSPS) is 13.8. The number of pyridine rings is 2. The monoisotopic (exact) mass is 639 g/mol. The van der Waals surface area contributed by atoms with Crippen molar-refractivity contribution < 1.29 is 22.4 Å². The van der Waals surface area contributed by atoms with Crippen molar-refractivity contribution in [1.29, 1.82) is 0 Å². The number of anilines is 1. The Labute approximate surface area is 267 Å². The Balaban J connectivity index is 1.54. The third-order valence-electron chi connectivity index (χ3n) is 8.69. The maximum absolute atomic E-state index is 13.8. The van der Waals surface area contributed by atoms with Crippen molar-refractivity contribution in [2.45, 2.75) is 38.5 Å². The summed E-state index contributed by atoms with van der Waals surface area (Å²) in [5.41, 5.74) is 4.98. The molecule has 0 unspecified atom stereocenters. The lowest BCUT2D eigenvalue weighted by Crippen LogP contribution is -2.30. The molecule has 2 aromatic carbocycles. The average Bonchev–Trinajstić information content (AvgIpc) is 3.73. The molecule has 0 atom stereocenters. The summed E-state index contributed by atoms with van der Waals surface area (Å²) < 4.78 is 42.6. The van der Waals surface area contributed by atoms with E-state index >= 15 is 0 Å². The summed E-state index contributed by atoms with van der Waals surface area (Å²) in [6.45, 7) is 3.76. The highest BCUT2D eigenvalue weighted by atomic mass is 32.2. The Kier molecular flexibility index (Phi) is 7.97. The van der Waals surface area contributed by atoms with E-state index in [1.165, 1.54) is 40.1 Å². The van der Waals surface area contributed by atoms with Crippen LogP contribution in [0.25, 0.3) is 27.9 Å². The number of hydrogen-bond acceptors (Lipinski definition) is 6. The zero-order valence-electron chi connectivity index (χ0n) is 26.0. The molecule has 46 heavy (non-hydrogen) atoms. The second-order valence-electron chi connectivity index (χ2n) is 11.8. The highest BCUT2D eigenvalue weighted by Crippen LogP contribution is 2.51. The predicted molar refractivity (Wildman–Crippen MR) is 176 cm³/mol. The Bertz CT molecular complexity index is 2090. The molecule has 3 aromatic heterocycles. The number of fused-ring (bicyclic) bond motifs is 1. The molecular formula is C35H34FN5O4S. The van der Waals surface area contributed by atoms with E-state index in [2.05, 4.69) is 15.4 Å². The minimum Gasteiger partial charge on any atom is -0.355 e. The largest absolute Gasteiger partial charge is 0.355 e. The number of amides is 1. The molecule has 1 aliphatic carbocycles. The number of benzene rings is 2. The molecule has 3 heterocycles. The number of Topliss-reactive ketones (excluding diaryl/α,β-unsaturated/α-hetero) is 1. The smallest absolute Gasteiger partial charge is 0.255 e. The maximum Gasteiger partial charge on any atom is 0.255 e. The van der Waals surface area contributed by atoms with Gasteiger partial charge in [-0.2, -0.15) is 5.10 Å². The molecular weight excluding hydrogens is 605 g/mol. The highest BCUT2D eigenvalue weighted by Gasteiger charge is 2.47. The van der Waals surface area contributed by atoms with Crippen LogP contribution < -0.4 is 9.62 Å². The van der Waals surface area contributed by atoms with E-state index < -0.39 is 21.7 Å². The summed E-state index contributed by atoms with van der Waals surface area (Å²) in [7, 11) is -2.23. The number of nitrogens with zero attached hydrogens (tertiary/aromatic N) is 4. The fourth-order valence-corrected chi connectivity index (χ4v) is 7.05. The summed E-state index contributed by atoms with van der Waals surface area (Å²) in [6, 6.07) is 18.6. The Hall–Kier alpha value is -4.90. The van der Waals surface area contributed by atoms with Gasteiger partial charge in [-0.15, -0.1) is 0 Å². The second-order valence-corrected chi connectivity index (χ2v) is 13.7. The molecule has 236 valence electrons. The summed E-state index contributed by atoms with van der Waals surface area (Å²) in [5.74, 6) is -0.868. The summed E-state index contributed by atoms with van der Waals surface area (Å²) in [5, 5.41) is 7.34. The highest BCUT2D eigenvalue weighted by molar-refractivity contribution is 7.92. The Morgan fingerprint density at radius 3 is 2.39 bits per heavy atom. The van der Waals surface area contributed by atoms with Gasteiger partial charge >= 0.3 is 0 Å². The van der Waals surface area contributed by atoms with Crippen LogP contribution in [0.1, 0.15) is 58.2 Å². The van der Waals surface area contributed by atoms with Crippen molar-refractivity contribution in [3.8, 4) is 22.4 Å². The lowest BCUT2D eigenvalue weighted by Gasteiger charge is -2.24. The first-order chi connectivity index (χ1) is 22.0. The Morgan fingerprint density at radius 1 is 1.04 bits per heavy atom. The van der Waals surface area contributed by atoms with E-state index in [-0.39, 0.29) is 23.3 Å². The molecule has 1 amide bonds. The molecule has 6 rings (SSSR count). The molecule has 11 heteroatoms. The third kappa shape index (κ3) is 5.66. The number of aryl methyl sites for hydroxylation is 1. The summed E-state index contributed by atoms with van der Waals surface area (Å²) in [6.07, 6.45) is 6.54. The van der Waals surface area contributed by atoms with Crippen LogP contribution in [-0.2, 0) is 15.4 Å². The van der Waals surface area contributed by atoms with E-state index in [0.717, 1.165) is 30.4 Å².